The van der Waals surface area contributed by atoms with E-state index in [2.05, 4.69) is 65.4 Å². The summed E-state index contributed by atoms with van der Waals surface area (Å²) in [5.41, 5.74) is 3.69. The molecule has 0 aliphatic heterocycles. The number of amides is 1. The number of pyridine rings is 1. The molecule has 0 aliphatic carbocycles. The second kappa shape index (κ2) is 8.89. The minimum Gasteiger partial charge on any atom is -0.324 e. The van der Waals surface area contributed by atoms with Crippen LogP contribution in [0.1, 0.15) is 45.2 Å². The van der Waals surface area contributed by atoms with Gasteiger partial charge in [0.25, 0.3) is 0 Å². The first kappa shape index (κ1) is 21.0. The van der Waals surface area contributed by atoms with Crippen LogP contribution < -0.4 is 5.32 Å². The average molecular weight is 436 g/mol. The van der Waals surface area contributed by atoms with Gasteiger partial charge in [-0.25, -0.2) is 9.67 Å². The molecule has 1 amide bonds. The minimum atomic E-state index is -0.132. The lowest BCUT2D eigenvalue weighted by Gasteiger charge is -2.09. The van der Waals surface area contributed by atoms with Crippen molar-refractivity contribution in [1.82, 2.24) is 29.5 Å². The van der Waals surface area contributed by atoms with E-state index in [0.29, 0.717) is 16.8 Å². The van der Waals surface area contributed by atoms with Gasteiger partial charge in [-0.05, 0) is 43.5 Å². The average Bonchev–Trinajstić information content (AvgIpc) is 3.39. The fourth-order valence-corrected chi connectivity index (χ4v) is 3.96. The summed E-state index contributed by atoms with van der Waals surface area (Å²) in [6, 6.07) is 10.4. The summed E-state index contributed by atoms with van der Waals surface area (Å²) in [6.45, 7) is 8.44. The molecule has 160 valence electrons. The molecule has 0 saturated heterocycles. The second-order valence-corrected chi connectivity index (χ2v) is 8.83. The van der Waals surface area contributed by atoms with E-state index in [-0.39, 0.29) is 17.7 Å². The molecule has 31 heavy (non-hydrogen) atoms. The van der Waals surface area contributed by atoms with Crippen LogP contribution in [-0.4, -0.2) is 41.2 Å². The maximum absolute atomic E-state index is 12.5. The molecule has 0 radical (unpaired) electrons. The normalized spacial score (nSPS) is 11.5. The van der Waals surface area contributed by atoms with Gasteiger partial charge in [-0.3, -0.25) is 9.36 Å². The molecular weight excluding hydrogens is 410 g/mol. The van der Waals surface area contributed by atoms with Gasteiger partial charge in [-0.15, -0.1) is 10.2 Å². The lowest BCUT2D eigenvalue weighted by atomic mass is 10.0. The Morgan fingerprint density at radius 3 is 2.61 bits per heavy atom. The number of anilines is 1. The lowest BCUT2D eigenvalue weighted by Crippen LogP contribution is -2.14. The number of thioether (sulfide) groups is 1. The molecule has 0 fully saturated rings. The van der Waals surface area contributed by atoms with Gasteiger partial charge in [0.2, 0.25) is 5.91 Å². The van der Waals surface area contributed by atoms with Crippen LogP contribution in [0.3, 0.4) is 0 Å². The van der Waals surface area contributed by atoms with Crippen LogP contribution in [-0.2, 0) is 4.79 Å². The summed E-state index contributed by atoms with van der Waals surface area (Å²) in [4.78, 5) is 16.9. The van der Waals surface area contributed by atoms with Crippen LogP contribution in [0.4, 0.5) is 5.69 Å². The standard InChI is InChI=1S/C22H25N7OS/c1-14(2)16-5-7-19(8-6-16)28-13-24-27-22(28)31-12-20(30)26-18-9-17-10-25-29(15(3)4)21(17)23-11-18/h5-11,13-15H,12H2,1-4H3,(H,26,30). The highest BCUT2D eigenvalue weighted by Gasteiger charge is 2.12. The smallest absolute Gasteiger partial charge is 0.234 e. The molecule has 0 unspecified atom stereocenters. The van der Waals surface area contributed by atoms with E-state index in [4.69, 9.17) is 0 Å². The number of hydrogen-bond acceptors (Lipinski definition) is 6. The first-order chi connectivity index (χ1) is 14.9. The number of benzene rings is 1. The van der Waals surface area contributed by atoms with Gasteiger partial charge in [-0.2, -0.15) is 5.10 Å². The summed E-state index contributed by atoms with van der Waals surface area (Å²) in [6.07, 6.45) is 5.08. The monoisotopic (exact) mass is 435 g/mol. The zero-order valence-corrected chi connectivity index (χ0v) is 18.8. The Balaban J connectivity index is 1.41. The molecule has 9 heteroatoms. The molecule has 0 spiro atoms. The van der Waals surface area contributed by atoms with E-state index >= 15 is 0 Å². The van der Waals surface area contributed by atoms with Gasteiger partial charge in [0.15, 0.2) is 10.8 Å². The fraction of sp³-hybridized carbons (Fsp3) is 0.318. The molecule has 0 saturated carbocycles. The van der Waals surface area contributed by atoms with Crippen molar-refractivity contribution < 1.29 is 4.79 Å². The number of carbonyl (C=O) groups excluding carboxylic acids is 1. The second-order valence-electron chi connectivity index (χ2n) is 7.89. The largest absolute Gasteiger partial charge is 0.324 e. The Morgan fingerprint density at radius 2 is 1.90 bits per heavy atom. The van der Waals surface area contributed by atoms with Crippen molar-refractivity contribution in [3.05, 3.63) is 54.6 Å². The Labute approximate surface area is 185 Å². The summed E-state index contributed by atoms with van der Waals surface area (Å²) in [7, 11) is 0. The van der Waals surface area contributed by atoms with Gasteiger partial charge in [0.05, 0.1) is 23.8 Å². The molecule has 3 aromatic heterocycles. The van der Waals surface area contributed by atoms with Crippen molar-refractivity contribution >= 4 is 34.4 Å². The van der Waals surface area contributed by atoms with E-state index in [1.165, 1.54) is 17.3 Å². The number of nitrogens with zero attached hydrogens (tertiary/aromatic N) is 6. The highest BCUT2D eigenvalue weighted by atomic mass is 32.2. The summed E-state index contributed by atoms with van der Waals surface area (Å²) >= 11 is 1.34. The fourth-order valence-electron chi connectivity index (χ4n) is 3.23. The molecule has 1 N–H and O–H groups in total. The van der Waals surface area contributed by atoms with Crippen LogP contribution in [0, 0.1) is 0 Å². The minimum absolute atomic E-state index is 0.132. The Hall–Kier alpha value is -3.20. The van der Waals surface area contributed by atoms with Crippen LogP contribution in [0.25, 0.3) is 16.7 Å². The first-order valence-corrected chi connectivity index (χ1v) is 11.2. The molecule has 0 aliphatic rings. The molecule has 4 rings (SSSR count). The lowest BCUT2D eigenvalue weighted by molar-refractivity contribution is -0.113. The predicted molar refractivity (Wildman–Crippen MR) is 123 cm³/mol. The van der Waals surface area contributed by atoms with E-state index < -0.39 is 0 Å². The maximum Gasteiger partial charge on any atom is 0.234 e. The van der Waals surface area contributed by atoms with E-state index in [1.807, 2.05) is 27.4 Å². The molecule has 4 aromatic rings. The molecule has 0 atom stereocenters. The SMILES string of the molecule is CC(C)c1ccc(-n2cnnc2SCC(=O)Nc2cnc3c(cnn3C(C)C)c2)cc1. The van der Waals surface area contributed by atoms with Crippen molar-refractivity contribution in [3.63, 3.8) is 0 Å². The number of hydrogen-bond donors (Lipinski definition) is 1. The van der Waals surface area contributed by atoms with E-state index in [1.54, 1.807) is 18.7 Å². The third-order valence-corrected chi connectivity index (χ3v) is 5.84. The van der Waals surface area contributed by atoms with Crippen LogP contribution in [0.5, 0.6) is 0 Å². The number of fused-ring (bicyclic) bond motifs is 1. The Morgan fingerprint density at radius 1 is 1.13 bits per heavy atom. The van der Waals surface area contributed by atoms with Crippen LogP contribution in [0.2, 0.25) is 0 Å². The Kier molecular flexibility index (Phi) is 6.03. The van der Waals surface area contributed by atoms with Gasteiger partial charge in [0, 0.05) is 17.1 Å². The van der Waals surface area contributed by atoms with Gasteiger partial charge >= 0.3 is 0 Å². The third kappa shape index (κ3) is 4.61. The molecule has 0 bridgehead atoms. The Bertz CT molecular complexity index is 1190. The van der Waals surface area contributed by atoms with Crippen molar-refractivity contribution in [2.24, 2.45) is 0 Å². The van der Waals surface area contributed by atoms with Crippen LogP contribution in [0.15, 0.2) is 54.2 Å². The topological polar surface area (TPSA) is 90.5 Å². The maximum atomic E-state index is 12.5. The number of rotatable bonds is 7. The van der Waals surface area contributed by atoms with Crippen molar-refractivity contribution in [2.45, 2.75) is 44.8 Å². The van der Waals surface area contributed by atoms with Crippen LogP contribution >= 0.6 is 11.8 Å². The van der Waals surface area contributed by atoms with E-state index in [9.17, 15) is 4.79 Å². The zero-order valence-electron chi connectivity index (χ0n) is 18.0. The third-order valence-electron chi connectivity index (χ3n) is 4.89. The van der Waals surface area contributed by atoms with Crippen molar-refractivity contribution in [3.8, 4) is 5.69 Å². The molecule has 8 nitrogen and oxygen atoms in total. The van der Waals surface area contributed by atoms with E-state index in [0.717, 1.165) is 16.7 Å². The zero-order chi connectivity index (χ0) is 22.0. The number of carbonyl (C=O) groups is 1. The summed E-state index contributed by atoms with van der Waals surface area (Å²) < 4.78 is 3.74. The highest BCUT2D eigenvalue weighted by molar-refractivity contribution is 7.99. The quantitative estimate of drug-likeness (QED) is 0.431. The predicted octanol–water partition coefficient (Wildman–Crippen LogP) is 4.45. The highest BCUT2D eigenvalue weighted by Crippen LogP contribution is 2.23. The molecular formula is C22H25N7OS. The van der Waals surface area contributed by atoms with Crippen molar-refractivity contribution in [2.75, 3.05) is 11.1 Å². The van der Waals surface area contributed by atoms with Crippen molar-refractivity contribution in [1.29, 1.82) is 0 Å². The number of nitrogens with one attached hydrogen (secondary N) is 1. The number of aromatic nitrogens is 6. The van der Waals surface area contributed by atoms with Gasteiger partial charge in [0.1, 0.15) is 6.33 Å². The van der Waals surface area contributed by atoms with Gasteiger partial charge < -0.3 is 5.32 Å². The molecule has 1 aromatic carbocycles. The molecule has 3 heterocycles. The first-order valence-electron chi connectivity index (χ1n) is 10.2. The summed E-state index contributed by atoms with van der Waals surface area (Å²) in [5.74, 6) is 0.555. The van der Waals surface area contributed by atoms with Gasteiger partial charge in [-0.1, -0.05) is 37.7 Å². The summed E-state index contributed by atoms with van der Waals surface area (Å²) in [5, 5.41) is 17.0.